The third kappa shape index (κ3) is 4.80. The molecule has 8 nitrogen and oxygen atoms in total. The van der Waals surface area contributed by atoms with Gasteiger partial charge in [0.2, 0.25) is 5.82 Å². The highest BCUT2D eigenvalue weighted by molar-refractivity contribution is 5.88. The molecular weight excluding hydrogens is 527 g/mol. The van der Waals surface area contributed by atoms with Crippen LogP contribution in [0.25, 0.3) is 44.8 Å². The van der Waals surface area contributed by atoms with E-state index < -0.39 is 11.9 Å². The molecule has 0 unspecified atom stereocenters. The number of halogens is 3. The number of benzene rings is 3. The molecule has 0 saturated heterocycles. The SMILES string of the molecule is COc1cccc2oc(-c3nc4ccccc4c(=O)n3N=Cc3ccc(-c4ccc(OC(F)(F)F)cc4)o3)cc12. The summed E-state index contributed by atoms with van der Waals surface area (Å²) in [5, 5.41) is 5.43. The molecular formula is C29H18F3N3O5. The molecule has 3 aromatic carbocycles. The Bertz CT molecular complexity index is 1940. The number of para-hydroxylation sites is 1. The van der Waals surface area contributed by atoms with Crippen LogP contribution in [0.2, 0.25) is 0 Å². The Morgan fingerprint density at radius 1 is 0.900 bits per heavy atom. The highest BCUT2D eigenvalue weighted by atomic mass is 19.4. The maximum Gasteiger partial charge on any atom is 0.573 e. The summed E-state index contributed by atoms with van der Waals surface area (Å²) in [4.78, 5) is 18.1. The number of fused-ring (bicyclic) bond motifs is 2. The molecule has 0 spiro atoms. The van der Waals surface area contributed by atoms with Crippen molar-refractivity contribution in [2.24, 2.45) is 5.10 Å². The van der Waals surface area contributed by atoms with Gasteiger partial charge in [0.05, 0.1) is 29.6 Å². The van der Waals surface area contributed by atoms with E-state index in [1.54, 1.807) is 67.8 Å². The second-order valence-electron chi connectivity index (χ2n) is 8.57. The predicted octanol–water partition coefficient (Wildman–Crippen LogP) is 6.86. The first kappa shape index (κ1) is 25.0. The van der Waals surface area contributed by atoms with Gasteiger partial charge < -0.3 is 18.3 Å². The van der Waals surface area contributed by atoms with E-state index in [2.05, 4.69) is 14.8 Å². The number of hydrogen-bond donors (Lipinski definition) is 0. The molecule has 0 atom stereocenters. The van der Waals surface area contributed by atoms with E-state index in [0.29, 0.717) is 50.5 Å². The zero-order chi connectivity index (χ0) is 27.9. The van der Waals surface area contributed by atoms with Crippen molar-refractivity contribution in [3.8, 4) is 34.4 Å². The van der Waals surface area contributed by atoms with Crippen LogP contribution in [-0.2, 0) is 0 Å². The standard InChI is InChI=1S/C29H18F3N3O5/c1-37-24-7-4-8-25-21(24)15-26(39-25)27-34-22-6-3-2-5-20(22)28(36)35(27)33-16-19-13-14-23(38-19)17-9-11-18(12-10-17)40-29(30,31)32/h2-16H,1H3. The van der Waals surface area contributed by atoms with Gasteiger partial charge in [0.15, 0.2) is 5.76 Å². The minimum atomic E-state index is -4.78. The van der Waals surface area contributed by atoms with Gasteiger partial charge in [0.1, 0.15) is 28.6 Å². The number of nitrogens with zero attached hydrogens (tertiary/aromatic N) is 3. The molecule has 0 aliphatic heterocycles. The highest BCUT2D eigenvalue weighted by Crippen LogP contribution is 2.33. The molecule has 0 aliphatic rings. The Morgan fingerprint density at radius 2 is 1.70 bits per heavy atom. The minimum absolute atomic E-state index is 0.172. The van der Waals surface area contributed by atoms with Crippen molar-refractivity contribution in [3.63, 3.8) is 0 Å². The number of furan rings is 2. The zero-order valence-corrected chi connectivity index (χ0v) is 20.7. The molecule has 6 rings (SSSR count). The van der Waals surface area contributed by atoms with E-state index in [4.69, 9.17) is 13.6 Å². The maximum atomic E-state index is 13.5. The van der Waals surface area contributed by atoms with Crippen LogP contribution in [0, 0.1) is 0 Å². The van der Waals surface area contributed by atoms with Crippen molar-refractivity contribution in [3.05, 3.63) is 101 Å². The second kappa shape index (κ2) is 9.77. The van der Waals surface area contributed by atoms with Crippen LogP contribution in [-0.4, -0.2) is 29.3 Å². The molecule has 0 saturated carbocycles. The molecule has 40 heavy (non-hydrogen) atoms. The fourth-order valence-corrected chi connectivity index (χ4v) is 4.23. The van der Waals surface area contributed by atoms with Gasteiger partial charge in [-0.15, -0.1) is 13.2 Å². The zero-order valence-electron chi connectivity index (χ0n) is 20.7. The van der Waals surface area contributed by atoms with Gasteiger partial charge in [-0.3, -0.25) is 4.79 Å². The van der Waals surface area contributed by atoms with Crippen molar-refractivity contribution in [2.45, 2.75) is 6.36 Å². The summed E-state index contributed by atoms with van der Waals surface area (Å²) < 4.78 is 59.6. The van der Waals surface area contributed by atoms with E-state index in [-0.39, 0.29) is 11.6 Å². The smallest absolute Gasteiger partial charge is 0.496 e. The van der Waals surface area contributed by atoms with Crippen LogP contribution >= 0.6 is 0 Å². The summed E-state index contributed by atoms with van der Waals surface area (Å²) in [6.07, 6.45) is -3.44. The van der Waals surface area contributed by atoms with Crippen molar-refractivity contribution >= 4 is 28.1 Å². The average Bonchev–Trinajstić information content (AvgIpc) is 3.59. The summed E-state index contributed by atoms with van der Waals surface area (Å²) in [5.74, 6) is 1.41. The van der Waals surface area contributed by atoms with Crippen LogP contribution in [0.15, 0.2) is 104 Å². The Balaban J connectivity index is 1.38. The van der Waals surface area contributed by atoms with Crippen molar-refractivity contribution in [1.82, 2.24) is 9.66 Å². The van der Waals surface area contributed by atoms with E-state index in [9.17, 15) is 18.0 Å². The molecule has 3 heterocycles. The summed E-state index contributed by atoms with van der Waals surface area (Å²) in [7, 11) is 1.55. The molecule has 200 valence electrons. The monoisotopic (exact) mass is 545 g/mol. The Morgan fingerprint density at radius 3 is 2.48 bits per heavy atom. The molecule has 0 bridgehead atoms. The number of methoxy groups -OCH3 is 1. The van der Waals surface area contributed by atoms with E-state index in [0.717, 1.165) is 4.68 Å². The number of alkyl halides is 3. The molecule has 11 heteroatoms. The average molecular weight is 545 g/mol. The predicted molar refractivity (Wildman–Crippen MR) is 142 cm³/mol. The van der Waals surface area contributed by atoms with Crippen LogP contribution in [0.4, 0.5) is 13.2 Å². The summed E-state index contributed by atoms with van der Waals surface area (Å²) in [5.41, 5.74) is 1.13. The molecule has 3 aromatic heterocycles. The van der Waals surface area contributed by atoms with Gasteiger partial charge >= 0.3 is 6.36 Å². The van der Waals surface area contributed by atoms with Crippen molar-refractivity contribution in [1.29, 1.82) is 0 Å². The van der Waals surface area contributed by atoms with E-state index in [1.165, 1.54) is 30.5 Å². The van der Waals surface area contributed by atoms with Crippen LogP contribution in [0.3, 0.4) is 0 Å². The maximum absolute atomic E-state index is 13.5. The fraction of sp³-hybridized carbons (Fsp3) is 0.0690. The molecule has 0 fully saturated rings. The van der Waals surface area contributed by atoms with E-state index in [1.807, 2.05) is 0 Å². The lowest BCUT2D eigenvalue weighted by Gasteiger charge is -2.08. The molecule has 0 aliphatic carbocycles. The quantitative estimate of drug-likeness (QED) is 0.212. The van der Waals surface area contributed by atoms with Gasteiger partial charge in [0, 0.05) is 5.56 Å². The van der Waals surface area contributed by atoms with E-state index >= 15 is 0 Å². The molecule has 0 N–H and O–H groups in total. The van der Waals surface area contributed by atoms with Gasteiger partial charge in [-0.1, -0.05) is 18.2 Å². The fourth-order valence-electron chi connectivity index (χ4n) is 4.23. The number of rotatable bonds is 6. The third-order valence-corrected chi connectivity index (χ3v) is 6.02. The van der Waals surface area contributed by atoms with Crippen LogP contribution < -0.4 is 15.0 Å². The molecule has 0 radical (unpaired) electrons. The lowest BCUT2D eigenvalue weighted by molar-refractivity contribution is -0.274. The number of ether oxygens (including phenoxy) is 2. The number of hydrogen-bond acceptors (Lipinski definition) is 7. The summed E-state index contributed by atoms with van der Waals surface area (Å²) in [6.45, 7) is 0. The first-order valence-electron chi connectivity index (χ1n) is 11.9. The number of aromatic nitrogens is 2. The van der Waals surface area contributed by atoms with Gasteiger partial charge in [-0.25, -0.2) is 4.98 Å². The first-order valence-corrected chi connectivity index (χ1v) is 11.9. The lowest BCUT2D eigenvalue weighted by Crippen LogP contribution is -2.20. The van der Waals surface area contributed by atoms with Gasteiger partial charge in [-0.2, -0.15) is 9.78 Å². The summed E-state index contributed by atoms with van der Waals surface area (Å²) >= 11 is 0. The topological polar surface area (TPSA) is 92.0 Å². The largest absolute Gasteiger partial charge is 0.573 e. The van der Waals surface area contributed by atoms with Gasteiger partial charge in [-0.05, 0) is 66.7 Å². The summed E-state index contributed by atoms with van der Waals surface area (Å²) in [6, 6.07) is 22.5. The second-order valence-corrected chi connectivity index (χ2v) is 8.57. The lowest BCUT2D eigenvalue weighted by atomic mass is 10.2. The van der Waals surface area contributed by atoms with Crippen molar-refractivity contribution in [2.75, 3.05) is 7.11 Å². The normalized spacial score (nSPS) is 12.0. The minimum Gasteiger partial charge on any atom is -0.496 e. The first-order chi connectivity index (χ1) is 19.3. The molecule has 0 amide bonds. The third-order valence-electron chi connectivity index (χ3n) is 6.02. The van der Waals surface area contributed by atoms with Gasteiger partial charge in [0.25, 0.3) is 5.56 Å². The molecule has 6 aromatic rings. The Kier molecular flexibility index (Phi) is 6.10. The van der Waals surface area contributed by atoms with Crippen molar-refractivity contribution < 1.29 is 31.5 Å². The Labute approximate surface area is 223 Å². The van der Waals surface area contributed by atoms with Crippen LogP contribution in [0.5, 0.6) is 11.5 Å². The highest BCUT2D eigenvalue weighted by Gasteiger charge is 2.31. The Hall–Kier alpha value is -5.32. The van der Waals surface area contributed by atoms with Crippen LogP contribution in [0.1, 0.15) is 5.76 Å².